The first-order valence-electron chi connectivity index (χ1n) is 8.02. The highest BCUT2D eigenvalue weighted by atomic mass is 32.1. The molecule has 136 valence electrons. The second-order valence-corrected chi connectivity index (χ2v) is 7.01. The summed E-state index contributed by atoms with van der Waals surface area (Å²) in [7, 11) is 1.46. The van der Waals surface area contributed by atoms with Gasteiger partial charge in [0.1, 0.15) is 0 Å². The number of carbonyl (C=O) groups is 2. The number of hydrogen-bond acceptors (Lipinski definition) is 7. The predicted octanol–water partition coefficient (Wildman–Crippen LogP) is 1.39. The number of aromatic nitrogens is 2. The van der Waals surface area contributed by atoms with Crippen LogP contribution >= 0.6 is 11.5 Å². The van der Waals surface area contributed by atoms with Gasteiger partial charge in [-0.25, -0.2) is 0 Å². The molecule has 9 heteroatoms. The zero-order valence-corrected chi connectivity index (χ0v) is 15.5. The molecule has 1 heterocycles. The minimum Gasteiger partial charge on any atom is -0.466 e. The first-order chi connectivity index (χ1) is 11.3. The molecule has 0 aliphatic rings. The van der Waals surface area contributed by atoms with E-state index in [1.807, 2.05) is 6.92 Å². The van der Waals surface area contributed by atoms with Gasteiger partial charge in [0.25, 0.3) is 0 Å². The number of amides is 2. The van der Waals surface area contributed by atoms with Gasteiger partial charge in [-0.2, -0.15) is 4.98 Å². The smallest absolute Gasteiger partial charge is 0.329 e. The van der Waals surface area contributed by atoms with E-state index in [4.69, 9.17) is 10.5 Å². The van der Waals surface area contributed by atoms with Gasteiger partial charge in [0.05, 0.1) is 13.2 Å². The van der Waals surface area contributed by atoms with Crippen LogP contribution in [0, 0.1) is 11.8 Å². The Kier molecular flexibility index (Phi) is 8.62. The first kappa shape index (κ1) is 20.3. The molecule has 1 rings (SSSR count). The lowest BCUT2D eigenvalue weighted by atomic mass is 9.98. The molecule has 4 N–H and O–H groups in total. The van der Waals surface area contributed by atoms with Crippen LogP contribution in [0.2, 0.25) is 0 Å². The average Bonchev–Trinajstić information content (AvgIpc) is 2.93. The van der Waals surface area contributed by atoms with Gasteiger partial charge in [-0.1, -0.05) is 20.8 Å². The fraction of sp³-hybridized carbons (Fsp3) is 0.733. The lowest BCUT2D eigenvalue weighted by Gasteiger charge is -2.17. The summed E-state index contributed by atoms with van der Waals surface area (Å²) in [6.07, 6.45) is 1.62. The molecule has 0 aliphatic heterocycles. The van der Waals surface area contributed by atoms with Crippen LogP contribution in [0.5, 0.6) is 6.01 Å². The highest BCUT2D eigenvalue weighted by Crippen LogP contribution is 2.17. The van der Waals surface area contributed by atoms with Gasteiger partial charge in [0, 0.05) is 24.5 Å². The third-order valence-corrected chi connectivity index (χ3v) is 4.00. The molecule has 1 aromatic heterocycles. The molecule has 0 fully saturated rings. The molecule has 2 atom stereocenters. The predicted molar refractivity (Wildman–Crippen MR) is 93.9 cm³/mol. The van der Waals surface area contributed by atoms with Gasteiger partial charge in [-0.3, -0.25) is 9.59 Å². The normalized spacial score (nSPS) is 13.4. The van der Waals surface area contributed by atoms with E-state index in [2.05, 4.69) is 33.8 Å². The molecule has 0 aliphatic carbocycles. The quantitative estimate of drug-likeness (QED) is 0.582. The molecular formula is C15H27N5O3S. The van der Waals surface area contributed by atoms with Crippen LogP contribution in [-0.2, 0) is 9.59 Å². The van der Waals surface area contributed by atoms with E-state index in [0.717, 1.165) is 18.0 Å². The van der Waals surface area contributed by atoms with Crippen molar-refractivity contribution in [1.82, 2.24) is 14.7 Å². The van der Waals surface area contributed by atoms with Crippen molar-refractivity contribution in [3.8, 4) is 6.01 Å². The van der Waals surface area contributed by atoms with E-state index in [1.54, 1.807) is 0 Å². The van der Waals surface area contributed by atoms with Gasteiger partial charge in [0.2, 0.25) is 16.9 Å². The number of anilines is 1. The zero-order chi connectivity index (χ0) is 18.1. The van der Waals surface area contributed by atoms with Gasteiger partial charge < -0.3 is 21.1 Å². The van der Waals surface area contributed by atoms with Crippen molar-refractivity contribution < 1.29 is 14.3 Å². The summed E-state index contributed by atoms with van der Waals surface area (Å²) >= 11 is 1.05. The van der Waals surface area contributed by atoms with Crippen molar-refractivity contribution in [1.29, 1.82) is 0 Å². The Balaban J connectivity index is 2.31. The summed E-state index contributed by atoms with van der Waals surface area (Å²) in [5.41, 5.74) is 5.90. The van der Waals surface area contributed by atoms with E-state index in [-0.39, 0.29) is 30.2 Å². The van der Waals surface area contributed by atoms with Crippen LogP contribution < -0.4 is 21.1 Å². The second kappa shape index (κ2) is 10.2. The van der Waals surface area contributed by atoms with Gasteiger partial charge in [0.15, 0.2) is 0 Å². The highest BCUT2D eigenvalue weighted by molar-refractivity contribution is 7.10. The van der Waals surface area contributed by atoms with Crippen LogP contribution in [-0.4, -0.2) is 40.9 Å². The zero-order valence-electron chi connectivity index (χ0n) is 14.7. The highest BCUT2D eigenvalue weighted by Gasteiger charge is 2.19. The summed E-state index contributed by atoms with van der Waals surface area (Å²) in [6, 6.07) is -0.384. The third-order valence-electron chi connectivity index (χ3n) is 3.38. The van der Waals surface area contributed by atoms with Gasteiger partial charge in [-0.05, 0) is 24.7 Å². The minimum atomic E-state index is -0.610. The van der Waals surface area contributed by atoms with Crippen LogP contribution in [0.4, 0.5) is 5.13 Å². The van der Waals surface area contributed by atoms with Gasteiger partial charge >= 0.3 is 6.01 Å². The molecule has 0 radical (unpaired) electrons. The van der Waals surface area contributed by atoms with Crippen molar-refractivity contribution >= 4 is 28.5 Å². The number of hydrogen-bond donors (Lipinski definition) is 3. The standard InChI is InChI=1S/C15H27N5O3S/c1-9(2)5-6-17-13(22)11(16)7-10(3)8-12(21)18-15-19-14(23-4)20-24-15/h9-11H,5-8,16H2,1-4H3,(H,17,22)(H,18,19,20,21)/t10?,11-/m0/s1. The van der Waals surface area contributed by atoms with E-state index >= 15 is 0 Å². The summed E-state index contributed by atoms with van der Waals surface area (Å²) < 4.78 is 8.76. The van der Waals surface area contributed by atoms with E-state index in [9.17, 15) is 9.59 Å². The number of nitrogens with two attached hydrogens (primary N) is 1. The number of methoxy groups -OCH3 is 1. The topological polar surface area (TPSA) is 119 Å². The minimum absolute atomic E-state index is 0.0225. The number of carbonyl (C=O) groups excluding carboxylic acids is 2. The fourth-order valence-electron chi connectivity index (χ4n) is 2.07. The van der Waals surface area contributed by atoms with E-state index < -0.39 is 6.04 Å². The Morgan fingerprint density at radius 2 is 2.04 bits per heavy atom. The molecule has 1 aromatic rings. The van der Waals surface area contributed by atoms with Crippen molar-refractivity contribution in [3.63, 3.8) is 0 Å². The van der Waals surface area contributed by atoms with E-state index in [1.165, 1.54) is 7.11 Å². The first-order valence-corrected chi connectivity index (χ1v) is 8.80. The van der Waals surface area contributed by atoms with Crippen molar-refractivity contribution in [2.75, 3.05) is 19.0 Å². The van der Waals surface area contributed by atoms with Crippen molar-refractivity contribution in [3.05, 3.63) is 0 Å². The molecular weight excluding hydrogens is 330 g/mol. The molecule has 8 nitrogen and oxygen atoms in total. The third kappa shape index (κ3) is 7.69. The molecule has 1 unspecified atom stereocenters. The molecule has 0 spiro atoms. The van der Waals surface area contributed by atoms with E-state index in [0.29, 0.717) is 24.0 Å². The summed E-state index contributed by atoms with van der Waals surface area (Å²) in [4.78, 5) is 27.8. The summed E-state index contributed by atoms with van der Waals surface area (Å²) in [5, 5.41) is 5.88. The second-order valence-electron chi connectivity index (χ2n) is 6.26. The van der Waals surface area contributed by atoms with Crippen LogP contribution in [0.1, 0.15) is 40.0 Å². The Labute approximate surface area is 146 Å². The summed E-state index contributed by atoms with van der Waals surface area (Å²) in [6.45, 7) is 6.71. The Morgan fingerprint density at radius 1 is 1.33 bits per heavy atom. The van der Waals surface area contributed by atoms with Crippen molar-refractivity contribution in [2.24, 2.45) is 17.6 Å². The monoisotopic (exact) mass is 357 g/mol. The lowest BCUT2D eigenvalue weighted by Crippen LogP contribution is -2.42. The Hall–Kier alpha value is -1.74. The number of nitrogens with zero attached hydrogens (tertiary/aromatic N) is 2. The Morgan fingerprint density at radius 3 is 2.62 bits per heavy atom. The average molecular weight is 357 g/mol. The molecule has 0 bridgehead atoms. The Bertz CT molecular complexity index is 535. The van der Waals surface area contributed by atoms with Crippen molar-refractivity contribution in [2.45, 2.75) is 46.1 Å². The number of ether oxygens (including phenoxy) is 1. The largest absolute Gasteiger partial charge is 0.466 e. The maximum Gasteiger partial charge on any atom is 0.329 e. The molecule has 0 saturated heterocycles. The molecule has 2 amide bonds. The fourth-order valence-corrected chi connectivity index (χ4v) is 2.63. The molecule has 24 heavy (non-hydrogen) atoms. The number of nitrogens with one attached hydrogen (secondary N) is 2. The van der Waals surface area contributed by atoms with Gasteiger partial charge in [-0.15, -0.1) is 4.37 Å². The number of rotatable bonds is 10. The molecule has 0 aromatic carbocycles. The van der Waals surface area contributed by atoms with Crippen LogP contribution in [0.15, 0.2) is 0 Å². The molecule has 0 saturated carbocycles. The maximum atomic E-state index is 12.0. The lowest BCUT2D eigenvalue weighted by molar-refractivity contribution is -0.123. The van der Waals surface area contributed by atoms with Crippen LogP contribution in [0.3, 0.4) is 0 Å². The van der Waals surface area contributed by atoms with Crippen LogP contribution in [0.25, 0.3) is 0 Å². The SMILES string of the molecule is COc1nsc(NC(=O)CC(C)C[C@H](N)C(=O)NCCC(C)C)n1. The maximum absolute atomic E-state index is 12.0. The summed E-state index contributed by atoms with van der Waals surface area (Å²) in [5.74, 6) is 0.152.